The van der Waals surface area contributed by atoms with Crippen LogP contribution in [0.3, 0.4) is 0 Å². The van der Waals surface area contributed by atoms with Gasteiger partial charge < -0.3 is 0 Å². The van der Waals surface area contributed by atoms with Gasteiger partial charge in [-0.05, 0) is 194 Å². The predicted molar refractivity (Wildman–Crippen MR) is 362 cm³/mol. The van der Waals surface area contributed by atoms with Crippen molar-refractivity contribution in [2.75, 3.05) is 28.2 Å². The molecule has 8 amide bonds. The second-order valence-electron chi connectivity index (χ2n) is 24.5. The molecule has 19 rings (SSSR count). The Labute approximate surface area is 526 Å². The summed E-state index contributed by atoms with van der Waals surface area (Å²) in [4.78, 5) is 120. The van der Waals surface area contributed by atoms with Gasteiger partial charge in [-0.15, -0.1) is 0 Å². The Morgan fingerprint density at radius 2 is 0.527 bits per heavy atom. The number of carbonyl (C=O) groups excluding carboxylic acids is 8. The van der Waals surface area contributed by atoms with Crippen molar-refractivity contribution < 1.29 is 38.4 Å². The molecule has 0 saturated heterocycles. The minimum Gasteiger partial charge on any atom is -0.278 e. The summed E-state index contributed by atoms with van der Waals surface area (Å²) in [5.74, 6) is -2.79. The van der Waals surface area contributed by atoms with Crippen LogP contribution in [0.4, 0.5) is 17.1 Å². The highest BCUT2D eigenvalue weighted by Crippen LogP contribution is 2.53. The molecule has 4 aliphatic rings. The summed E-state index contributed by atoms with van der Waals surface area (Å²) in [7, 11) is 5.93. The third-order valence-electron chi connectivity index (χ3n) is 20.0. The fourth-order valence-electron chi connectivity index (χ4n) is 15.9. The smallest absolute Gasteiger partial charge is 0.261 e. The van der Waals surface area contributed by atoms with Crippen molar-refractivity contribution in [1.29, 1.82) is 0 Å². The Morgan fingerprint density at radius 3 is 0.903 bits per heavy atom. The molecule has 15 aromatic carbocycles. The molecular formula is C78H43N7O8. The average Bonchev–Trinajstić information content (AvgIpc) is 0.700. The van der Waals surface area contributed by atoms with E-state index in [1.165, 1.54) is 33.1 Å². The molecule has 4 heterocycles. The lowest BCUT2D eigenvalue weighted by Gasteiger charge is -2.29. The molecule has 0 aliphatic carbocycles. The highest BCUT2D eigenvalue weighted by atomic mass is 16.2. The average molecular weight is 1210 g/mol. The molecule has 93 heavy (non-hydrogen) atoms. The van der Waals surface area contributed by atoms with Crippen LogP contribution in [0.25, 0.3) is 144 Å². The summed E-state index contributed by atoms with van der Waals surface area (Å²) in [5, 5.41) is 20.8. The number of hydrogen-bond acceptors (Lipinski definition) is 8. The van der Waals surface area contributed by atoms with Crippen LogP contribution in [0, 0.1) is 40.5 Å². The first kappa shape index (κ1) is 54.4. The van der Waals surface area contributed by atoms with Crippen molar-refractivity contribution in [2.45, 2.75) is 20.8 Å². The van der Waals surface area contributed by atoms with E-state index in [0.29, 0.717) is 88.2 Å². The van der Waals surface area contributed by atoms with E-state index in [0.717, 1.165) is 128 Å². The quantitative estimate of drug-likeness (QED) is 0.0627. The van der Waals surface area contributed by atoms with Crippen molar-refractivity contribution in [3.63, 3.8) is 0 Å². The summed E-state index contributed by atoms with van der Waals surface area (Å²) < 4.78 is 0. The maximum Gasteiger partial charge on any atom is 0.261 e. The first-order valence-corrected chi connectivity index (χ1v) is 29.8. The van der Waals surface area contributed by atoms with Gasteiger partial charge in [0, 0.05) is 94.2 Å². The van der Waals surface area contributed by atoms with Crippen LogP contribution in [0.1, 0.15) is 99.6 Å². The normalized spacial score (nSPS) is 14.5. The largest absolute Gasteiger partial charge is 0.278 e. The van der Waals surface area contributed by atoms with Crippen LogP contribution in [-0.4, -0.2) is 95.0 Å². The van der Waals surface area contributed by atoms with Gasteiger partial charge in [0.05, 0.1) is 19.7 Å². The highest BCUT2D eigenvalue weighted by molar-refractivity contribution is 6.45. The van der Waals surface area contributed by atoms with E-state index in [1.807, 2.05) is 80.6 Å². The van der Waals surface area contributed by atoms with Gasteiger partial charge in [-0.3, -0.25) is 58.0 Å². The maximum atomic E-state index is 13.1. The zero-order valence-corrected chi connectivity index (χ0v) is 50.6. The molecule has 0 spiro atoms. The number of aryl methyl sites for hydroxylation is 3. The first-order valence-electron chi connectivity index (χ1n) is 29.8. The second kappa shape index (κ2) is 18.4. The summed E-state index contributed by atoms with van der Waals surface area (Å²) >= 11 is 0. The molecule has 0 aromatic heterocycles. The van der Waals surface area contributed by atoms with Gasteiger partial charge in [0.25, 0.3) is 47.3 Å². The Morgan fingerprint density at radius 1 is 0.247 bits per heavy atom. The Hall–Kier alpha value is -12.8. The summed E-state index contributed by atoms with van der Waals surface area (Å²) in [6, 6.07) is 41.8. The molecule has 0 bridgehead atoms. The number of rotatable bonds is 0. The van der Waals surface area contributed by atoms with E-state index in [2.05, 4.69) is 51.8 Å². The zero-order chi connectivity index (χ0) is 64.5. The fraction of sp³-hybridized carbons (Fsp3) is 0.0897. The molecule has 4 aliphatic heterocycles. The molecule has 0 saturated carbocycles. The van der Waals surface area contributed by atoms with Crippen molar-refractivity contribution in [1.82, 2.24) is 19.6 Å². The summed E-state index contributed by atoms with van der Waals surface area (Å²) in [6.07, 6.45) is 0. The van der Waals surface area contributed by atoms with Gasteiger partial charge >= 0.3 is 0 Å². The van der Waals surface area contributed by atoms with E-state index in [1.54, 1.807) is 36.4 Å². The van der Waals surface area contributed by atoms with E-state index < -0.39 is 5.91 Å². The van der Waals surface area contributed by atoms with E-state index >= 15 is 0 Å². The fourth-order valence-corrected chi connectivity index (χ4v) is 15.9. The predicted octanol–water partition coefficient (Wildman–Crippen LogP) is 16.7. The molecule has 15 aromatic rings. The van der Waals surface area contributed by atoms with E-state index in [4.69, 9.17) is 19.7 Å². The lowest BCUT2D eigenvalue weighted by molar-refractivity contribution is 0.0635. The van der Waals surface area contributed by atoms with Crippen LogP contribution in [0.15, 0.2) is 133 Å². The zero-order valence-electron chi connectivity index (χ0n) is 50.6. The molecule has 438 valence electrons. The number of benzene rings is 15. The number of imide groups is 4. The lowest BCUT2D eigenvalue weighted by Crippen LogP contribution is -2.37. The monoisotopic (exact) mass is 1210 g/mol. The number of hydrogen-bond donors (Lipinski definition) is 0. The molecule has 15 nitrogen and oxygen atoms in total. The molecular weight excluding hydrogens is 1160 g/mol. The van der Waals surface area contributed by atoms with Gasteiger partial charge in [-0.2, -0.15) is 0 Å². The number of amides is 8. The van der Waals surface area contributed by atoms with Gasteiger partial charge in [-0.1, -0.05) is 84.9 Å². The SMILES string of the molecule is [C-]#[N+]c1cc2c3c(ccc4c5c(C)cc6c7c(ccc(c1c34)c75)C(=O)N(C)C6=O)C(=O)N(C)C2=O.[C-]#[N+]c1cc2c3c(ccc4c5c(C)ccc6cccc(c1c34)c65)C(=O)N(C)C2=O.[C-]#[N+]c1ccc2cccc3c4c(C)cc5c6c(ccc(c1c23)c64)C(=O)N(C)C5=O. The van der Waals surface area contributed by atoms with Crippen LogP contribution in [-0.2, 0) is 0 Å². The van der Waals surface area contributed by atoms with Gasteiger partial charge in [0.2, 0.25) is 0 Å². The maximum absolute atomic E-state index is 13.1. The molecule has 0 radical (unpaired) electrons. The molecule has 0 fully saturated rings. The third-order valence-corrected chi connectivity index (χ3v) is 20.0. The number of carbonyl (C=O) groups is 8. The molecule has 0 atom stereocenters. The Balaban J connectivity index is 0.000000107. The van der Waals surface area contributed by atoms with Crippen molar-refractivity contribution in [3.8, 4) is 0 Å². The minimum atomic E-state index is -0.442. The third kappa shape index (κ3) is 6.62. The summed E-state index contributed by atoms with van der Waals surface area (Å²) in [5.41, 5.74) is 7.94. The van der Waals surface area contributed by atoms with Gasteiger partial charge in [-0.25, -0.2) is 14.5 Å². The minimum absolute atomic E-state index is 0.281. The molecule has 0 unspecified atom stereocenters. The van der Waals surface area contributed by atoms with Crippen LogP contribution in [0.5, 0.6) is 0 Å². The van der Waals surface area contributed by atoms with Gasteiger partial charge in [0.15, 0.2) is 17.1 Å². The van der Waals surface area contributed by atoms with Crippen LogP contribution in [0.2, 0.25) is 0 Å². The lowest BCUT2D eigenvalue weighted by atomic mass is 9.80. The molecule has 0 N–H and O–H groups in total. The number of nitrogens with zero attached hydrogens (tertiary/aromatic N) is 7. The standard InChI is InChI=1S/C28H15N3O4.2C25H14N2O2/c1-11-9-16-20-14(25(32)30(3)27(16)34)8-6-13-22-18(29-2)10-17-21-15(26(33)31(4)28(17)35)7-5-12(24(21)22)19(11)23(13)20;1-12-11-17-21-16(24(28)27(3)25(17)29)9-8-15-22-18(26-2)10-7-13-5-4-6-14(20(13)22)19(12)23(15)21;1-12-7-8-13-5-4-6-14-20(13)19(12)15-9-10-16-21-17(25(29)27(3)24(16)28)11-18(26-2)22(14)23(15)21/h5-10H,1,3-4H3;2*4-11H,1,3H3. The van der Waals surface area contributed by atoms with Gasteiger partial charge in [0.1, 0.15) is 0 Å². The Kier molecular flexibility index (Phi) is 10.8. The van der Waals surface area contributed by atoms with Crippen LogP contribution >= 0.6 is 0 Å². The van der Waals surface area contributed by atoms with E-state index in [9.17, 15) is 38.4 Å². The van der Waals surface area contributed by atoms with Crippen LogP contribution < -0.4 is 0 Å². The molecule has 15 heteroatoms. The van der Waals surface area contributed by atoms with E-state index in [-0.39, 0.29) is 47.0 Å². The second-order valence-corrected chi connectivity index (χ2v) is 24.5. The Bertz CT molecular complexity index is 6460. The highest BCUT2D eigenvalue weighted by Gasteiger charge is 2.38. The number of fused-ring (bicyclic) bond motifs is 6. The van der Waals surface area contributed by atoms with Crippen molar-refractivity contribution in [3.05, 3.63) is 229 Å². The topological polar surface area (TPSA) is 163 Å². The summed E-state index contributed by atoms with van der Waals surface area (Å²) in [6.45, 7) is 29.4. The first-order chi connectivity index (χ1) is 44.8. The van der Waals surface area contributed by atoms with Crippen molar-refractivity contribution >= 4 is 194 Å². The van der Waals surface area contributed by atoms with Crippen molar-refractivity contribution in [2.24, 2.45) is 0 Å².